The van der Waals surface area contributed by atoms with Gasteiger partial charge in [-0.15, -0.1) is 11.3 Å². The molecule has 0 saturated heterocycles. The van der Waals surface area contributed by atoms with Crippen LogP contribution in [-0.2, 0) is 0 Å². The summed E-state index contributed by atoms with van der Waals surface area (Å²) in [6.45, 7) is 3.41. The van der Waals surface area contributed by atoms with Gasteiger partial charge in [0.05, 0.1) is 0 Å². The first-order valence-electron chi connectivity index (χ1n) is 5.73. The van der Waals surface area contributed by atoms with Gasteiger partial charge in [0.1, 0.15) is 0 Å². The lowest BCUT2D eigenvalue weighted by molar-refractivity contribution is 0.538. The fourth-order valence-corrected chi connectivity index (χ4v) is 3.25. The molecule has 2 rings (SSSR count). The molecule has 1 heterocycles. The van der Waals surface area contributed by atoms with E-state index < -0.39 is 0 Å². The summed E-state index contributed by atoms with van der Waals surface area (Å²) in [5, 5.41) is 5.74. The Labute approximate surface area is 104 Å². The van der Waals surface area contributed by atoms with Gasteiger partial charge in [0, 0.05) is 20.8 Å². The van der Waals surface area contributed by atoms with Gasteiger partial charge in [-0.3, -0.25) is 0 Å². The topological polar surface area (TPSA) is 12.0 Å². The molecule has 1 unspecified atom stereocenters. The van der Waals surface area contributed by atoms with Crippen LogP contribution in [0.4, 0.5) is 0 Å². The number of halogens is 1. The molecular formula is C12H18BrNS. The molecule has 1 atom stereocenters. The zero-order chi connectivity index (χ0) is 10.7. The summed E-state index contributed by atoms with van der Waals surface area (Å²) >= 11 is 5.32. The Morgan fingerprint density at radius 1 is 1.60 bits per heavy atom. The van der Waals surface area contributed by atoms with E-state index in [1.54, 1.807) is 0 Å². The van der Waals surface area contributed by atoms with E-state index in [9.17, 15) is 0 Å². The molecule has 1 fully saturated rings. The highest BCUT2D eigenvalue weighted by molar-refractivity contribution is 9.10. The Kier molecular flexibility index (Phi) is 4.23. The molecule has 84 valence electrons. The van der Waals surface area contributed by atoms with Crippen molar-refractivity contribution in [1.82, 2.24) is 5.32 Å². The van der Waals surface area contributed by atoms with Crippen molar-refractivity contribution in [3.63, 3.8) is 0 Å². The van der Waals surface area contributed by atoms with Crippen molar-refractivity contribution in [2.45, 2.75) is 38.6 Å². The van der Waals surface area contributed by atoms with Crippen LogP contribution in [0.2, 0.25) is 0 Å². The monoisotopic (exact) mass is 287 g/mol. The average Bonchev–Trinajstić information content (AvgIpc) is 2.94. The van der Waals surface area contributed by atoms with Gasteiger partial charge in [0.15, 0.2) is 0 Å². The molecule has 1 N–H and O–H groups in total. The zero-order valence-electron chi connectivity index (χ0n) is 9.13. The van der Waals surface area contributed by atoms with E-state index in [1.165, 1.54) is 35.0 Å². The van der Waals surface area contributed by atoms with Gasteiger partial charge < -0.3 is 5.32 Å². The second-order valence-electron chi connectivity index (χ2n) is 4.43. The van der Waals surface area contributed by atoms with E-state index in [4.69, 9.17) is 0 Å². The molecule has 1 nitrogen and oxygen atoms in total. The van der Waals surface area contributed by atoms with E-state index in [0.29, 0.717) is 6.04 Å². The van der Waals surface area contributed by atoms with Gasteiger partial charge >= 0.3 is 0 Å². The summed E-state index contributed by atoms with van der Waals surface area (Å²) in [5.74, 6) is 1.07. The molecule has 0 aliphatic heterocycles. The van der Waals surface area contributed by atoms with Crippen LogP contribution in [0.1, 0.15) is 43.5 Å². The van der Waals surface area contributed by atoms with Crippen LogP contribution >= 0.6 is 27.3 Å². The maximum absolute atomic E-state index is 3.58. The predicted molar refractivity (Wildman–Crippen MR) is 70.4 cm³/mol. The van der Waals surface area contributed by atoms with Crippen LogP contribution in [0.3, 0.4) is 0 Å². The highest BCUT2D eigenvalue weighted by atomic mass is 79.9. The lowest BCUT2D eigenvalue weighted by Gasteiger charge is -2.11. The van der Waals surface area contributed by atoms with Gasteiger partial charge in [0.2, 0.25) is 0 Å². The molecule has 1 aromatic rings. The molecule has 3 heteroatoms. The minimum absolute atomic E-state index is 0.500. The molecule has 1 aliphatic carbocycles. The van der Waals surface area contributed by atoms with Crippen molar-refractivity contribution in [3.05, 3.63) is 20.8 Å². The minimum atomic E-state index is 0.500. The second kappa shape index (κ2) is 5.46. The Morgan fingerprint density at radius 2 is 2.40 bits per heavy atom. The zero-order valence-corrected chi connectivity index (χ0v) is 11.5. The molecule has 1 aromatic heterocycles. The SMILES string of the molecule is CC(NCCCC1CC1)c1cc(Br)cs1. The molecule has 0 spiro atoms. The fraction of sp³-hybridized carbons (Fsp3) is 0.667. The van der Waals surface area contributed by atoms with Crippen molar-refractivity contribution < 1.29 is 0 Å². The molecule has 0 aromatic carbocycles. The summed E-state index contributed by atoms with van der Waals surface area (Å²) in [6, 6.07) is 2.71. The predicted octanol–water partition coefficient (Wildman–Crippen LogP) is 4.35. The smallest absolute Gasteiger partial charge is 0.0386 e. The first kappa shape index (κ1) is 11.6. The van der Waals surface area contributed by atoms with Crippen LogP contribution < -0.4 is 5.32 Å². The third kappa shape index (κ3) is 3.89. The molecule has 0 radical (unpaired) electrons. The maximum Gasteiger partial charge on any atom is 0.0386 e. The summed E-state index contributed by atoms with van der Waals surface area (Å²) in [4.78, 5) is 1.42. The highest BCUT2D eigenvalue weighted by Gasteiger charge is 2.20. The van der Waals surface area contributed by atoms with E-state index in [1.807, 2.05) is 11.3 Å². The number of nitrogens with one attached hydrogen (secondary N) is 1. The maximum atomic E-state index is 3.58. The first-order chi connectivity index (χ1) is 7.25. The van der Waals surface area contributed by atoms with Crippen LogP contribution in [0.25, 0.3) is 0 Å². The first-order valence-corrected chi connectivity index (χ1v) is 7.40. The van der Waals surface area contributed by atoms with Crippen molar-refractivity contribution in [2.75, 3.05) is 6.54 Å². The Balaban J connectivity index is 1.64. The van der Waals surface area contributed by atoms with Crippen molar-refractivity contribution >= 4 is 27.3 Å². The van der Waals surface area contributed by atoms with Gasteiger partial charge in [0.25, 0.3) is 0 Å². The lowest BCUT2D eigenvalue weighted by Crippen LogP contribution is -2.19. The van der Waals surface area contributed by atoms with Crippen molar-refractivity contribution in [1.29, 1.82) is 0 Å². The van der Waals surface area contributed by atoms with Gasteiger partial charge in [-0.25, -0.2) is 0 Å². The summed E-state index contributed by atoms with van der Waals surface area (Å²) < 4.78 is 1.20. The van der Waals surface area contributed by atoms with Gasteiger partial charge in [-0.1, -0.05) is 12.8 Å². The number of thiophene rings is 1. The molecule has 0 bridgehead atoms. The number of rotatable bonds is 6. The highest BCUT2D eigenvalue weighted by Crippen LogP contribution is 2.33. The Bertz CT molecular complexity index is 306. The fourth-order valence-electron chi connectivity index (χ4n) is 1.77. The van der Waals surface area contributed by atoms with Crippen LogP contribution in [0.5, 0.6) is 0 Å². The van der Waals surface area contributed by atoms with E-state index in [0.717, 1.165) is 12.5 Å². The Hall–Kier alpha value is 0.140. The summed E-state index contributed by atoms with van der Waals surface area (Å²) in [5.41, 5.74) is 0. The van der Waals surface area contributed by atoms with E-state index in [-0.39, 0.29) is 0 Å². The van der Waals surface area contributed by atoms with Crippen LogP contribution in [0.15, 0.2) is 15.9 Å². The van der Waals surface area contributed by atoms with E-state index in [2.05, 4.69) is 39.6 Å². The number of hydrogen-bond acceptors (Lipinski definition) is 2. The molecular weight excluding hydrogens is 270 g/mol. The van der Waals surface area contributed by atoms with Gasteiger partial charge in [-0.05, 0) is 54.2 Å². The molecule has 15 heavy (non-hydrogen) atoms. The summed E-state index contributed by atoms with van der Waals surface area (Å²) in [6.07, 6.45) is 5.72. The lowest BCUT2D eigenvalue weighted by atomic mass is 10.2. The third-order valence-electron chi connectivity index (χ3n) is 2.95. The average molecular weight is 288 g/mol. The van der Waals surface area contributed by atoms with Crippen LogP contribution in [0, 0.1) is 5.92 Å². The van der Waals surface area contributed by atoms with Crippen molar-refractivity contribution in [2.24, 2.45) is 5.92 Å². The Morgan fingerprint density at radius 3 is 3.00 bits per heavy atom. The standard InChI is InChI=1S/C12H18BrNS/c1-9(12-7-11(13)8-15-12)14-6-2-3-10-4-5-10/h7-10,14H,2-6H2,1H3. The van der Waals surface area contributed by atoms with Crippen LogP contribution in [-0.4, -0.2) is 6.54 Å². The quantitative estimate of drug-likeness (QED) is 0.767. The molecule has 1 saturated carbocycles. The summed E-state index contributed by atoms with van der Waals surface area (Å²) in [7, 11) is 0. The second-order valence-corrected chi connectivity index (χ2v) is 6.29. The number of hydrogen-bond donors (Lipinski definition) is 1. The molecule has 0 amide bonds. The van der Waals surface area contributed by atoms with E-state index >= 15 is 0 Å². The largest absolute Gasteiger partial charge is 0.309 e. The normalized spacial score (nSPS) is 18.0. The molecule has 1 aliphatic rings. The third-order valence-corrected chi connectivity index (χ3v) is 4.83. The minimum Gasteiger partial charge on any atom is -0.309 e. The van der Waals surface area contributed by atoms with Crippen molar-refractivity contribution in [3.8, 4) is 0 Å². The van der Waals surface area contributed by atoms with Gasteiger partial charge in [-0.2, -0.15) is 0 Å².